The molecule has 0 radical (unpaired) electrons. The van der Waals surface area contributed by atoms with Crippen LogP contribution < -0.4 is 14.8 Å². The topological polar surface area (TPSA) is 67.9 Å². The maximum Gasteiger partial charge on any atom is 0.329 e. The molecular formula is C27H42N2O4. The summed E-state index contributed by atoms with van der Waals surface area (Å²) in [5.74, 6) is 1.91. The molecule has 1 fully saturated rings. The molecule has 1 N–H and O–H groups in total. The SMILES string of the molecule is CCCCC(CC)COc1ccc(C=C2NC(=O)N(CC(CC)CCCC)C2=O)cc1OC. The van der Waals surface area contributed by atoms with E-state index in [0.29, 0.717) is 42.2 Å². The summed E-state index contributed by atoms with van der Waals surface area (Å²) in [4.78, 5) is 26.7. The van der Waals surface area contributed by atoms with Crippen LogP contribution in [0.1, 0.15) is 84.6 Å². The van der Waals surface area contributed by atoms with E-state index >= 15 is 0 Å². The second kappa shape index (κ2) is 13.9. The molecule has 0 bridgehead atoms. The largest absolute Gasteiger partial charge is 0.493 e. The van der Waals surface area contributed by atoms with Crippen LogP contribution in [0.15, 0.2) is 23.9 Å². The van der Waals surface area contributed by atoms with Gasteiger partial charge in [-0.25, -0.2) is 4.79 Å². The summed E-state index contributed by atoms with van der Waals surface area (Å²) < 4.78 is 11.6. The molecule has 1 aliphatic rings. The minimum Gasteiger partial charge on any atom is -0.493 e. The maximum atomic E-state index is 12.9. The Balaban J connectivity index is 2.08. The third-order valence-corrected chi connectivity index (χ3v) is 6.46. The monoisotopic (exact) mass is 458 g/mol. The number of carbonyl (C=O) groups is 2. The van der Waals surface area contributed by atoms with E-state index in [1.165, 1.54) is 17.7 Å². The van der Waals surface area contributed by atoms with Crippen molar-refractivity contribution in [2.45, 2.75) is 79.1 Å². The molecule has 33 heavy (non-hydrogen) atoms. The summed E-state index contributed by atoms with van der Waals surface area (Å²) >= 11 is 0. The number of hydrogen-bond acceptors (Lipinski definition) is 4. The molecule has 2 unspecified atom stereocenters. The van der Waals surface area contributed by atoms with Gasteiger partial charge in [0, 0.05) is 6.54 Å². The number of amides is 3. The van der Waals surface area contributed by atoms with Gasteiger partial charge in [-0.1, -0.05) is 72.3 Å². The van der Waals surface area contributed by atoms with E-state index in [2.05, 4.69) is 33.0 Å². The van der Waals surface area contributed by atoms with Gasteiger partial charge in [0.15, 0.2) is 11.5 Å². The van der Waals surface area contributed by atoms with Gasteiger partial charge in [-0.2, -0.15) is 0 Å². The molecule has 0 saturated carbocycles. The number of urea groups is 1. The lowest BCUT2D eigenvalue weighted by Gasteiger charge is -2.20. The number of unbranched alkanes of at least 4 members (excludes halogenated alkanes) is 2. The Kier molecular flexibility index (Phi) is 11.3. The predicted octanol–water partition coefficient (Wildman–Crippen LogP) is 6.40. The molecule has 2 atom stereocenters. The Bertz CT molecular complexity index is 805. The molecule has 0 spiro atoms. The summed E-state index contributed by atoms with van der Waals surface area (Å²) in [7, 11) is 1.61. The van der Waals surface area contributed by atoms with E-state index in [0.717, 1.165) is 44.1 Å². The molecule has 1 aliphatic heterocycles. The highest BCUT2D eigenvalue weighted by atomic mass is 16.5. The lowest BCUT2D eigenvalue weighted by atomic mass is 9.99. The molecule has 1 saturated heterocycles. The number of nitrogens with zero attached hydrogens (tertiary/aromatic N) is 1. The molecule has 1 aromatic carbocycles. The van der Waals surface area contributed by atoms with Crippen LogP contribution in [0.5, 0.6) is 11.5 Å². The van der Waals surface area contributed by atoms with Crippen LogP contribution in [0.4, 0.5) is 4.79 Å². The molecule has 184 valence electrons. The molecule has 3 amide bonds. The molecule has 1 aromatic rings. The second-order valence-corrected chi connectivity index (χ2v) is 8.96. The minimum atomic E-state index is -0.342. The maximum absolute atomic E-state index is 12.9. The zero-order valence-electron chi connectivity index (χ0n) is 21.1. The van der Waals surface area contributed by atoms with Crippen molar-refractivity contribution < 1.29 is 19.1 Å². The zero-order chi connectivity index (χ0) is 24.2. The summed E-state index contributed by atoms with van der Waals surface area (Å²) in [6.07, 6.45) is 10.5. The van der Waals surface area contributed by atoms with Crippen molar-refractivity contribution in [2.75, 3.05) is 20.3 Å². The van der Waals surface area contributed by atoms with Gasteiger partial charge in [-0.05, 0) is 48.4 Å². The van der Waals surface area contributed by atoms with Crippen molar-refractivity contribution >= 4 is 18.0 Å². The first-order chi connectivity index (χ1) is 16.0. The first kappa shape index (κ1) is 26.7. The number of benzene rings is 1. The van der Waals surface area contributed by atoms with E-state index in [-0.39, 0.29) is 11.9 Å². The quantitative estimate of drug-likeness (QED) is 0.244. The van der Waals surface area contributed by atoms with Crippen molar-refractivity contribution in [3.05, 3.63) is 29.5 Å². The summed E-state index contributed by atoms with van der Waals surface area (Å²) in [5.41, 5.74) is 1.08. The van der Waals surface area contributed by atoms with Crippen molar-refractivity contribution in [2.24, 2.45) is 11.8 Å². The van der Waals surface area contributed by atoms with Crippen LogP contribution in [-0.2, 0) is 4.79 Å². The Morgan fingerprint density at radius 2 is 1.64 bits per heavy atom. The molecule has 6 nitrogen and oxygen atoms in total. The lowest BCUT2D eigenvalue weighted by Crippen LogP contribution is -2.35. The van der Waals surface area contributed by atoms with Gasteiger partial charge in [-0.15, -0.1) is 0 Å². The number of rotatable bonds is 15. The Hall–Kier alpha value is -2.50. The standard InChI is InChI=1S/C27H42N2O4/c1-6-10-12-20(8-3)18-29-26(30)23(28-27(29)31)16-22-14-15-24(25(17-22)32-5)33-19-21(9-4)13-11-7-2/h14-17,20-21H,6-13,18-19H2,1-5H3,(H,28,31). The molecule has 2 rings (SSSR count). The summed E-state index contributed by atoms with van der Waals surface area (Å²) in [6.45, 7) is 9.78. The third kappa shape index (κ3) is 7.79. The van der Waals surface area contributed by atoms with E-state index in [1.54, 1.807) is 13.2 Å². The highest BCUT2D eigenvalue weighted by Crippen LogP contribution is 2.30. The fourth-order valence-corrected chi connectivity index (χ4v) is 4.08. The first-order valence-electron chi connectivity index (χ1n) is 12.6. The minimum absolute atomic E-state index is 0.268. The predicted molar refractivity (Wildman–Crippen MR) is 133 cm³/mol. The van der Waals surface area contributed by atoms with Gasteiger partial charge < -0.3 is 14.8 Å². The van der Waals surface area contributed by atoms with Crippen LogP contribution in [0.3, 0.4) is 0 Å². The van der Waals surface area contributed by atoms with Crippen LogP contribution in [0.2, 0.25) is 0 Å². The normalized spacial score (nSPS) is 16.8. The van der Waals surface area contributed by atoms with Gasteiger partial charge in [0.1, 0.15) is 5.70 Å². The molecular weight excluding hydrogens is 416 g/mol. The number of carbonyl (C=O) groups excluding carboxylic acids is 2. The number of methoxy groups -OCH3 is 1. The molecule has 1 heterocycles. The fourth-order valence-electron chi connectivity index (χ4n) is 4.08. The molecule has 0 aromatic heterocycles. The highest BCUT2D eigenvalue weighted by molar-refractivity contribution is 6.14. The number of imide groups is 1. The molecule has 0 aliphatic carbocycles. The van der Waals surface area contributed by atoms with Gasteiger partial charge in [0.2, 0.25) is 0 Å². The van der Waals surface area contributed by atoms with E-state index in [9.17, 15) is 9.59 Å². The van der Waals surface area contributed by atoms with Gasteiger partial charge in [0.05, 0.1) is 13.7 Å². The Morgan fingerprint density at radius 3 is 2.24 bits per heavy atom. The Labute approximate surface area is 199 Å². The van der Waals surface area contributed by atoms with E-state index < -0.39 is 0 Å². The average molecular weight is 459 g/mol. The van der Waals surface area contributed by atoms with E-state index in [1.807, 2.05) is 18.2 Å². The fraction of sp³-hybridized carbons (Fsp3) is 0.630. The molecule has 6 heteroatoms. The third-order valence-electron chi connectivity index (χ3n) is 6.46. The average Bonchev–Trinajstić information content (AvgIpc) is 3.09. The van der Waals surface area contributed by atoms with Crippen LogP contribution >= 0.6 is 0 Å². The smallest absolute Gasteiger partial charge is 0.329 e. The van der Waals surface area contributed by atoms with Crippen molar-refractivity contribution in [3.8, 4) is 11.5 Å². The zero-order valence-corrected chi connectivity index (χ0v) is 21.1. The van der Waals surface area contributed by atoms with E-state index in [4.69, 9.17) is 9.47 Å². The summed E-state index contributed by atoms with van der Waals surface area (Å²) in [6, 6.07) is 5.25. The number of hydrogen-bond donors (Lipinski definition) is 1. The lowest BCUT2D eigenvalue weighted by molar-refractivity contribution is -0.123. The number of nitrogens with one attached hydrogen (secondary N) is 1. The van der Waals surface area contributed by atoms with Crippen molar-refractivity contribution in [1.29, 1.82) is 0 Å². The van der Waals surface area contributed by atoms with Gasteiger partial charge in [0.25, 0.3) is 5.91 Å². The van der Waals surface area contributed by atoms with Crippen molar-refractivity contribution in [1.82, 2.24) is 10.2 Å². The van der Waals surface area contributed by atoms with Gasteiger partial charge >= 0.3 is 6.03 Å². The first-order valence-corrected chi connectivity index (χ1v) is 12.6. The highest BCUT2D eigenvalue weighted by Gasteiger charge is 2.34. The second-order valence-electron chi connectivity index (χ2n) is 8.96. The van der Waals surface area contributed by atoms with Crippen LogP contribution in [-0.4, -0.2) is 37.1 Å². The Morgan fingerprint density at radius 1 is 0.970 bits per heavy atom. The van der Waals surface area contributed by atoms with Gasteiger partial charge in [-0.3, -0.25) is 9.69 Å². The summed E-state index contributed by atoms with van der Waals surface area (Å²) in [5, 5.41) is 2.73. The number of ether oxygens (including phenoxy) is 2. The van der Waals surface area contributed by atoms with Crippen LogP contribution in [0, 0.1) is 11.8 Å². The van der Waals surface area contributed by atoms with Crippen molar-refractivity contribution in [3.63, 3.8) is 0 Å². The van der Waals surface area contributed by atoms with Crippen LogP contribution in [0.25, 0.3) is 6.08 Å².